The first-order chi connectivity index (χ1) is 7.68. The van der Waals surface area contributed by atoms with Crippen LogP contribution in [0.1, 0.15) is 18.4 Å². The van der Waals surface area contributed by atoms with E-state index in [1.807, 2.05) is 12.1 Å². The molecule has 0 saturated carbocycles. The van der Waals surface area contributed by atoms with E-state index in [0.29, 0.717) is 6.54 Å². The van der Waals surface area contributed by atoms with Gasteiger partial charge in [-0.1, -0.05) is 0 Å². The molecule has 86 valence electrons. The average Bonchev–Trinajstić information content (AvgIpc) is 2.28. The van der Waals surface area contributed by atoms with Crippen LogP contribution < -0.4 is 5.32 Å². The molecule has 1 rings (SSSR count). The van der Waals surface area contributed by atoms with Crippen LogP contribution in [-0.4, -0.2) is 28.5 Å². The topological polar surface area (TPSA) is 79.3 Å². The molecule has 16 heavy (non-hydrogen) atoms. The maximum absolute atomic E-state index is 11.2. The fourth-order valence-corrected chi connectivity index (χ4v) is 1.20. The van der Waals surface area contributed by atoms with E-state index >= 15 is 0 Å². The third-order valence-electron chi connectivity index (χ3n) is 2.05. The third-order valence-corrected chi connectivity index (χ3v) is 2.05. The van der Waals surface area contributed by atoms with Gasteiger partial charge in [0.25, 0.3) is 0 Å². The lowest BCUT2D eigenvalue weighted by Crippen LogP contribution is -2.25. The van der Waals surface area contributed by atoms with Gasteiger partial charge in [0, 0.05) is 25.4 Å². The van der Waals surface area contributed by atoms with Crippen LogP contribution in [-0.2, 0) is 16.0 Å². The van der Waals surface area contributed by atoms with Crippen molar-refractivity contribution in [3.63, 3.8) is 0 Å². The number of aromatic nitrogens is 1. The predicted molar refractivity (Wildman–Crippen MR) is 57.8 cm³/mol. The van der Waals surface area contributed by atoms with Crippen molar-refractivity contribution in [2.45, 2.75) is 19.3 Å². The monoisotopic (exact) mass is 222 g/mol. The molecule has 0 aliphatic heterocycles. The Morgan fingerprint density at radius 2 is 1.94 bits per heavy atom. The van der Waals surface area contributed by atoms with Crippen LogP contribution in [0.2, 0.25) is 0 Å². The van der Waals surface area contributed by atoms with Crippen molar-refractivity contribution in [1.82, 2.24) is 10.3 Å². The molecule has 5 nitrogen and oxygen atoms in total. The smallest absolute Gasteiger partial charge is 0.303 e. The van der Waals surface area contributed by atoms with Crippen molar-refractivity contribution in [3.05, 3.63) is 30.1 Å². The third kappa shape index (κ3) is 5.09. The number of carboxylic acids is 1. The first-order valence-corrected chi connectivity index (χ1v) is 5.06. The number of amides is 1. The summed E-state index contributed by atoms with van der Waals surface area (Å²) in [5.74, 6) is -1.18. The van der Waals surface area contributed by atoms with E-state index in [-0.39, 0.29) is 18.7 Å². The number of nitrogens with one attached hydrogen (secondary N) is 1. The molecule has 0 unspecified atom stereocenters. The molecular formula is C11H14N2O3. The summed E-state index contributed by atoms with van der Waals surface area (Å²) in [6, 6.07) is 3.76. The summed E-state index contributed by atoms with van der Waals surface area (Å²) in [4.78, 5) is 25.2. The average molecular weight is 222 g/mol. The van der Waals surface area contributed by atoms with E-state index in [1.165, 1.54) is 0 Å². The minimum atomic E-state index is -0.954. The quantitative estimate of drug-likeness (QED) is 0.739. The van der Waals surface area contributed by atoms with Gasteiger partial charge in [-0.15, -0.1) is 0 Å². The second-order valence-corrected chi connectivity index (χ2v) is 3.35. The Kier molecular flexibility index (Phi) is 4.98. The second kappa shape index (κ2) is 6.55. The van der Waals surface area contributed by atoms with Crippen LogP contribution in [0.15, 0.2) is 24.5 Å². The molecule has 1 heterocycles. The number of carbonyl (C=O) groups is 2. The highest BCUT2D eigenvalue weighted by Crippen LogP contribution is 1.96. The zero-order chi connectivity index (χ0) is 11.8. The van der Waals surface area contributed by atoms with Gasteiger partial charge in [-0.2, -0.15) is 0 Å². The van der Waals surface area contributed by atoms with Gasteiger partial charge in [-0.25, -0.2) is 0 Å². The maximum atomic E-state index is 11.2. The molecule has 0 spiro atoms. The van der Waals surface area contributed by atoms with Crippen LogP contribution in [0.3, 0.4) is 0 Å². The number of hydrogen-bond acceptors (Lipinski definition) is 3. The van der Waals surface area contributed by atoms with E-state index in [4.69, 9.17) is 5.11 Å². The molecule has 5 heteroatoms. The lowest BCUT2D eigenvalue weighted by atomic mass is 10.2. The van der Waals surface area contributed by atoms with Crippen LogP contribution in [0.25, 0.3) is 0 Å². The minimum absolute atomic E-state index is 0.0334. The summed E-state index contributed by atoms with van der Waals surface area (Å²) in [6.45, 7) is 0.516. The van der Waals surface area contributed by atoms with Gasteiger partial charge in [0.1, 0.15) is 0 Å². The summed E-state index contributed by atoms with van der Waals surface area (Å²) >= 11 is 0. The summed E-state index contributed by atoms with van der Waals surface area (Å²) in [6.07, 6.45) is 4.03. The van der Waals surface area contributed by atoms with Gasteiger partial charge in [-0.05, 0) is 24.1 Å². The molecule has 0 aromatic carbocycles. The Labute approximate surface area is 93.5 Å². The molecule has 0 fully saturated rings. The largest absolute Gasteiger partial charge is 0.481 e. The zero-order valence-electron chi connectivity index (χ0n) is 8.85. The number of carboxylic acid groups (broad SMARTS) is 1. The minimum Gasteiger partial charge on any atom is -0.481 e. The van der Waals surface area contributed by atoms with Crippen molar-refractivity contribution in [3.8, 4) is 0 Å². The van der Waals surface area contributed by atoms with Crippen LogP contribution >= 0.6 is 0 Å². The van der Waals surface area contributed by atoms with E-state index in [0.717, 1.165) is 12.0 Å². The Morgan fingerprint density at radius 3 is 2.56 bits per heavy atom. The van der Waals surface area contributed by atoms with Gasteiger partial charge in [0.2, 0.25) is 5.91 Å². The Hall–Kier alpha value is -1.91. The Balaban J connectivity index is 2.16. The molecule has 0 aliphatic rings. The van der Waals surface area contributed by atoms with E-state index in [1.54, 1.807) is 12.4 Å². The van der Waals surface area contributed by atoms with Crippen LogP contribution in [0, 0.1) is 0 Å². The van der Waals surface area contributed by atoms with Crippen molar-refractivity contribution in [2.24, 2.45) is 0 Å². The zero-order valence-corrected chi connectivity index (χ0v) is 8.85. The van der Waals surface area contributed by atoms with Crippen molar-refractivity contribution in [1.29, 1.82) is 0 Å². The summed E-state index contributed by atoms with van der Waals surface area (Å²) in [5.41, 5.74) is 1.09. The van der Waals surface area contributed by atoms with Gasteiger partial charge in [-0.3, -0.25) is 14.6 Å². The number of carbonyl (C=O) groups excluding carboxylic acids is 1. The van der Waals surface area contributed by atoms with Crippen molar-refractivity contribution >= 4 is 11.9 Å². The predicted octanol–water partition coefficient (Wildman–Crippen LogP) is 0.605. The number of hydrogen-bond donors (Lipinski definition) is 2. The van der Waals surface area contributed by atoms with Crippen LogP contribution in [0.5, 0.6) is 0 Å². The van der Waals surface area contributed by atoms with Crippen molar-refractivity contribution < 1.29 is 14.7 Å². The highest BCUT2D eigenvalue weighted by molar-refractivity contribution is 5.80. The van der Waals surface area contributed by atoms with Gasteiger partial charge in [0.05, 0.1) is 6.42 Å². The SMILES string of the molecule is O=C(O)CCC(=O)NCCc1ccncc1. The fourth-order valence-electron chi connectivity index (χ4n) is 1.20. The summed E-state index contributed by atoms with van der Waals surface area (Å²) in [7, 11) is 0. The molecule has 0 bridgehead atoms. The molecular weight excluding hydrogens is 208 g/mol. The van der Waals surface area contributed by atoms with Crippen LogP contribution in [0.4, 0.5) is 0 Å². The van der Waals surface area contributed by atoms with E-state index in [9.17, 15) is 9.59 Å². The lowest BCUT2D eigenvalue weighted by molar-refractivity contribution is -0.138. The first-order valence-electron chi connectivity index (χ1n) is 5.06. The van der Waals surface area contributed by atoms with Gasteiger partial charge < -0.3 is 10.4 Å². The van der Waals surface area contributed by atoms with E-state index < -0.39 is 5.97 Å². The van der Waals surface area contributed by atoms with Gasteiger partial charge in [0.15, 0.2) is 0 Å². The lowest BCUT2D eigenvalue weighted by Gasteiger charge is -2.03. The molecule has 0 atom stereocenters. The molecule has 0 aliphatic carbocycles. The summed E-state index contributed by atoms with van der Waals surface area (Å²) < 4.78 is 0. The number of nitrogens with zero attached hydrogens (tertiary/aromatic N) is 1. The highest BCUT2D eigenvalue weighted by Gasteiger charge is 2.04. The fraction of sp³-hybridized carbons (Fsp3) is 0.364. The van der Waals surface area contributed by atoms with Crippen molar-refractivity contribution in [2.75, 3.05) is 6.54 Å². The summed E-state index contributed by atoms with van der Waals surface area (Å²) in [5, 5.41) is 11.0. The molecule has 0 radical (unpaired) electrons. The maximum Gasteiger partial charge on any atom is 0.303 e. The molecule has 1 aromatic rings. The Morgan fingerprint density at radius 1 is 1.25 bits per heavy atom. The number of rotatable bonds is 6. The first kappa shape index (κ1) is 12.2. The van der Waals surface area contributed by atoms with Gasteiger partial charge >= 0.3 is 5.97 Å². The normalized spacial score (nSPS) is 9.75. The molecule has 1 amide bonds. The highest BCUT2D eigenvalue weighted by atomic mass is 16.4. The standard InChI is InChI=1S/C11H14N2O3/c14-10(1-2-11(15)16)13-8-5-9-3-6-12-7-4-9/h3-4,6-7H,1-2,5,8H2,(H,13,14)(H,15,16). The Bertz CT molecular complexity index is 352. The van der Waals surface area contributed by atoms with E-state index in [2.05, 4.69) is 10.3 Å². The second-order valence-electron chi connectivity index (χ2n) is 3.35. The number of pyridine rings is 1. The molecule has 1 aromatic heterocycles. The molecule has 0 saturated heterocycles. The number of aliphatic carboxylic acids is 1. The molecule has 2 N–H and O–H groups in total.